The van der Waals surface area contributed by atoms with E-state index >= 15 is 0 Å². The average molecular weight is 383 g/mol. The first-order valence-corrected chi connectivity index (χ1v) is 10.1. The van der Waals surface area contributed by atoms with Gasteiger partial charge >= 0.3 is 0 Å². The number of hydrogen-bond acceptors (Lipinski definition) is 4. The molecule has 2 aromatic rings. The molecule has 1 saturated heterocycles. The summed E-state index contributed by atoms with van der Waals surface area (Å²) in [5.41, 5.74) is 2.28. The van der Waals surface area contributed by atoms with Crippen molar-refractivity contribution in [1.82, 2.24) is 19.6 Å². The number of benzene rings is 1. The molecule has 3 heterocycles. The molecule has 1 aromatic carbocycles. The minimum Gasteiger partial charge on any atom is -0.487 e. The number of amides is 1. The number of carbonyl (C=O) groups excluding carboxylic acids is 1. The van der Waals surface area contributed by atoms with E-state index in [4.69, 9.17) is 4.74 Å². The highest BCUT2D eigenvalue weighted by molar-refractivity contribution is 5.76. The van der Waals surface area contributed by atoms with Crippen molar-refractivity contribution in [2.24, 2.45) is 7.05 Å². The molecule has 1 fully saturated rings. The lowest BCUT2D eigenvalue weighted by Crippen LogP contribution is -2.50. The summed E-state index contributed by atoms with van der Waals surface area (Å²) in [5, 5.41) is 4.27. The fraction of sp³-hybridized carbons (Fsp3) is 0.545. The molecule has 4 rings (SSSR count). The van der Waals surface area contributed by atoms with Gasteiger partial charge in [0.2, 0.25) is 5.91 Å². The van der Waals surface area contributed by atoms with Crippen molar-refractivity contribution in [2.75, 3.05) is 27.2 Å². The number of ether oxygens (including phenoxy) is 1. The van der Waals surface area contributed by atoms with Crippen molar-refractivity contribution in [3.05, 3.63) is 47.8 Å². The summed E-state index contributed by atoms with van der Waals surface area (Å²) < 4.78 is 8.42. The minimum atomic E-state index is -0.156. The average Bonchev–Trinajstić information content (AvgIpc) is 3.08. The largest absolute Gasteiger partial charge is 0.487 e. The summed E-state index contributed by atoms with van der Waals surface area (Å²) in [5.74, 6) is 1.38. The van der Waals surface area contributed by atoms with Gasteiger partial charge in [0.1, 0.15) is 11.4 Å². The Kier molecular flexibility index (Phi) is 5.15. The van der Waals surface area contributed by atoms with Gasteiger partial charge in [-0.1, -0.05) is 18.2 Å². The fourth-order valence-corrected chi connectivity index (χ4v) is 4.56. The van der Waals surface area contributed by atoms with Crippen LogP contribution in [0, 0.1) is 0 Å². The summed E-state index contributed by atoms with van der Waals surface area (Å²) in [6, 6.07) is 8.25. The van der Waals surface area contributed by atoms with E-state index in [-0.39, 0.29) is 17.4 Å². The van der Waals surface area contributed by atoms with Crippen molar-refractivity contribution < 1.29 is 9.53 Å². The van der Waals surface area contributed by atoms with Crippen LogP contribution in [0.1, 0.15) is 42.7 Å². The number of piperidine rings is 1. The van der Waals surface area contributed by atoms with Crippen LogP contribution in [-0.4, -0.2) is 58.3 Å². The molecular weight excluding hydrogens is 352 g/mol. The minimum absolute atomic E-state index is 0.156. The van der Waals surface area contributed by atoms with Crippen molar-refractivity contribution in [1.29, 1.82) is 0 Å². The lowest BCUT2D eigenvalue weighted by Gasteiger charge is -2.47. The second-order valence-electron chi connectivity index (χ2n) is 8.51. The van der Waals surface area contributed by atoms with Gasteiger partial charge in [0.05, 0.1) is 6.20 Å². The Morgan fingerprint density at radius 1 is 1.29 bits per heavy atom. The maximum absolute atomic E-state index is 12.4. The summed E-state index contributed by atoms with van der Waals surface area (Å²) in [7, 11) is 5.62. The first-order valence-electron chi connectivity index (χ1n) is 10.1. The summed E-state index contributed by atoms with van der Waals surface area (Å²) in [6.07, 6.45) is 7.49. The zero-order chi connectivity index (χ0) is 19.7. The molecule has 1 spiro atoms. The fourth-order valence-electron chi connectivity index (χ4n) is 4.56. The smallest absolute Gasteiger partial charge is 0.222 e. The zero-order valence-electron chi connectivity index (χ0n) is 17.1. The van der Waals surface area contributed by atoms with Crippen LogP contribution in [0.15, 0.2) is 36.7 Å². The van der Waals surface area contributed by atoms with Gasteiger partial charge in [-0.3, -0.25) is 14.4 Å². The zero-order valence-corrected chi connectivity index (χ0v) is 17.1. The number of carbonyl (C=O) groups is 1. The van der Waals surface area contributed by atoms with Crippen molar-refractivity contribution in [3.8, 4) is 5.75 Å². The Morgan fingerprint density at radius 2 is 2.04 bits per heavy atom. The highest BCUT2D eigenvalue weighted by Crippen LogP contribution is 2.46. The van der Waals surface area contributed by atoms with Gasteiger partial charge in [-0.2, -0.15) is 5.10 Å². The van der Waals surface area contributed by atoms with E-state index in [2.05, 4.69) is 28.3 Å². The highest BCUT2D eigenvalue weighted by Gasteiger charge is 2.43. The van der Waals surface area contributed by atoms with Gasteiger partial charge in [-0.15, -0.1) is 0 Å². The van der Waals surface area contributed by atoms with Crippen LogP contribution in [-0.2, 0) is 18.4 Å². The molecular formula is C22H30N4O2. The van der Waals surface area contributed by atoms with Gasteiger partial charge in [0.25, 0.3) is 0 Å². The molecule has 150 valence electrons. The van der Waals surface area contributed by atoms with Gasteiger partial charge < -0.3 is 9.64 Å². The highest BCUT2D eigenvalue weighted by atomic mass is 16.5. The normalized spacial score (nSPS) is 21.2. The van der Waals surface area contributed by atoms with Crippen molar-refractivity contribution >= 4 is 5.91 Å². The first-order chi connectivity index (χ1) is 13.4. The van der Waals surface area contributed by atoms with Gasteiger partial charge in [-0.25, -0.2) is 0 Å². The molecule has 0 radical (unpaired) electrons. The van der Waals surface area contributed by atoms with E-state index < -0.39 is 0 Å². The Hall–Kier alpha value is -2.34. The standard InChI is InChI=1S/C22H30N4O2/c1-24(2)21(27)12-18-13-22(28-20-7-5-4-6-19(18)20)8-10-26(11-9-22)16-17-14-23-25(3)15-17/h4-7,14-15,18H,8-13,16H2,1-3H3. The topological polar surface area (TPSA) is 50.6 Å². The van der Waals surface area contributed by atoms with Crippen LogP contribution in [0.4, 0.5) is 0 Å². The molecule has 0 saturated carbocycles. The second kappa shape index (κ2) is 7.59. The molecule has 28 heavy (non-hydrogen) atoms. The maximum Gasteiger partial charge on any atom is 0.222 e. The summed E-state index contributed by atoms with van der Waals surface area (Å²) in [6.45, 7) is 2.94. The maximum atomic E-state index is 12.4. The van der Waals surface area contributed by atoms with E-state index in [1.807, 2.05) is 44.2 Å². The Morgan fingerprint density at radius 3 is 2.71 bits per heavy atom. The Bertz CT molecular complexity index is 837. The number of para-hydroxylation sites is 1. The monoisotopic (exact) mass is 382 g/mol. The van der Waals surface area contributed by atoms with Crippen LogP contribution < -0.4 is 4.74 Å². The van der Waals surface area contributed by atoms with E-state index in [9.17, 15) is 4.79 Å². The number of likely N-dealkylation sites (tertiary alicyclic amines) is 1. The van der Waals surface area contributed by atoms with E-state index in [0.717, 1.165) is 44.6 Å². The summed E-state index contributed by atoms with van der Waals surface area (Å²) in [4.78, 5) is 16.6. The quantitative estimate of drug-likeness (QED) is 0.816. The molecule has 0 bridgehead atoms. The molecule has 2 aliphatic heterocycles. The Labute approximate surface area is 167 Å². The molecule has 6 nitrogen and oxygen atoms in total. The molecule has 1 aromatic heterocycles. The first kappa shape index (κ1) is 19.0. The molecule has 6 heteroatoms. The number of aromatic nitrogens is 2. The van der Waals surface area contributed by atoms with Gasteiger partial charge in [0, 0.05) is 64.9 Å². The van der Waals surface area contributed by atoms with Crippen LogP contribution >= 0.6 is 0 Å². The van der Waals surface area contributed by atoms with E-state index in [0.29, 0.717) is 6.42 Å². The van der Waals surface area contributed by atoms with E-state index in [1.54, 1.807) is 4.90 Å². The number of rotatable bonds is 4. The van der Waals surface area contributed by atoms with Gasteiger partial charge in [-0.05, 0) is 30.9 Å². The molecule has 0 N–H and O–H groups in total. The number of hydrogen-bond donors (Lipinski definition) is 0. The van der Waals surface area contributed by atoms with Crippen LogP contribution in [0.3, 0.4) is 0 Å². The summed E-state index contributed by atoms with van der Waals surface area (Å²) >= 11 is 0. The molecule has 1 atom stereocenters. The number of aryl methyl sites for hydroxylation is 1. The van der Waals surface area contributed by atoms with Crippen LogP contribution in [0.5, 0.6) is 5.75 Å². The van der Waals surface area contributed by atoms with Crippen LogP contribution in [0.2, 0.25) is 0 Å². The van der Waals surface area contributed by atoms with Crippen molar-refractivity contribution in [3.63, 3.8) is 0 Å². The third-order valence-electron chi connectivity index (χ3n) is 6.16. The second-order valence-corrected chi connectivity index (χ2v) is 8.51. The van der Waals surface area contributed by atoms with E-state index in [1.165, 1.54) is 11.1 Å². The third kappa shape index (κ3) is 3.92. The molecule has 1 unspecified atom stereocenters. The SMILES string of the molecule is CN(C)C(=O)CC1CC2(CCN(Cc3cnn(C)c3)CC2)Oc2ccccc21. The molecule has 1 amide bonds. The third-order valence-corrected chi connectivity index (χ3v) is 6.16. The lowest BCUT2D eigenvalue weighted by molar-refractivity contribution is -0.129. The molecule has 0 aliphatic carbocycles. The predicted molar refractivity (Wildman–Crippen MR) is 108 cm³/mol. The van der Waals surface area contributed by atoms with Crippen LogP contribution in [0.25, 0.3) is 0 Å². The number of nitrogens with zero attached hydrogens (tertiary/aromatic N) is 4. The Balaban J connectivity index is 1.47. The predicted octanol–water partition coefficient (Wildman–Crippen LogP) is 2.80. The van der Waals surface area contributed by atoms with Crippen molar-refractivity contribution in [2.45, 2.75) is 43.7 Å². The molecule has 2 aliphatic rings. The number of fused-ring (bicyclic) bond motifs is 1. The lowest BCUT2D eigenvalue weighted by atomic mass is 9.76. The van der Waals surface area contributed by atoms with Gasteiger partial charge in [0.15, 0.2) is 0 Å².